The van der Waals surface area contributed by atoms with Crippen LogP contribution in [-0.4, -0.2) is 23.3 Å². The zero-order chi connectivity index (χ0) is 13.1. The van der Waals surface area contributed by atoms with Gasteiger partial charge in [-0.3, -0.25) is 9.48 Å². The molecule has 18 heavy (non-hydrogen) atoms. The quantitative estimate of drug-likeness (QED) is 0.838. The van der Waals surface area contributed by atoms with Gasteiger partial charge in [0.05, 0.1) is 12.8 Å². The smallest absolute Gasteiger partial charge is 0.212 e. The van der Waals surface area contributed by atoms with Crippen LogP contribution in [0.2, 0.25) is 0 Å². The van der Waals surface area contributed by atoms with E-state index in [2.05, 4.69) is 10.4 Å². The van der Waals surface area contributed by atoms with Gasteiger partial charge >= 0.3 is 0 Å². The SMILES string of the molecule is COc1cc(C)ccc1-c1cc(NC=O)n(C)n1. The lowest BCUT2D eigenvalue weighted by Gasteiger charge is -2.06. The summed E-state index contributed by atoms with van der Waals surface area (Å²) in [4.78, 5) is 10.5. The molecule has 0 aliphatic rings. The predicted molar refractivity (Wildman–Crippen MR) is 69.6 cm³/mol. The maximum absolute atomic E-state index is 10.5. The number of ether oxygens (including phenoxy) is 1. The minimum absolute atomic E-state index is 0.632. The predicted octanol–water partition coefficient (Wildman–Crippen LogP) is 1.97. The Hall–Kier alpha value is -2.30. The molecule has 0 unspecified atom stereocenters. The Labute approximate surface area is 105 Å². The van der Waals surface area contributed by atoms with Crippen LogP contribution in [0.4, 0.5) is 5.82 Å². The molecule has 0 saturated carbocycles. The number of aromatic nitrogens is 2. The number of carbonyl (C=O) groups is 1. The van der Waals surface area contributed by atoms with Gasteiger partial charge in [0.15, 0.2) is 0 Å². The number of hydrogen-bond acceptors (Lipinski definition) is 3. The Morgan fingerprint density at radius 1 is 1.39 bits per heavy atom. The molecule has 2 aromatic rings. The maximum atomic E-state index is 10.5. The molecule has 1 aromatic heterocycles. The molecule has 5 nitrogen and oxygen atoms in total. The average molecular weight is 245 g/mol. The number of hydrogen-bond donors (Lipinski definition) is 1. The third-order valence-corrected chi connectivity index (χ3v) is 2.72. The van der Waals surface area contributed by atoms with Crippen molar-refractivity contribution in [2.75, 3.05) is 12.4 Å². The fraction of sp³-hybridized carbons (Fsp3) is 0.231. The van der Waals surface area contributed by atoms with E-state index in [1.165, 1.54) is 0 Å². The summed E-state index contributed by atoms with van der Waals surface area (Å²) in [5, 5.41) is 6.95. The Morgan fingerprint density at radius 2 is 2.17 bits per heavy atom. The molecule has 0 fully saturated rings. The van der Waals surface area contributed by atoms with Crippen molar-refractivity contribution in [3.8, 4) is 17.0 Å². The molecule has 0 aliphatic carbocycles. The van der Waals surface area contributed by atoms with Crippen molar-refractivity contribution in [1.29, 1.82) is 0 Å². The average Bonchev–Trinajstić information content (AvgIpc) is 2.71. The first kappa shape index (κ1) is 12.2. The minimum Gasteiger partial charge on any atom is -0.496 e. The van der Waals surface area contributed by atoms with Gasteiger partial charge in [0, 0.05) is 18.7 Å². The molecule has 0 atom stereocenters. The number of benzene rings is 1. The largest absolute Gasteiger partial charge is 0.496 e. The number of carbonyl (C=O) groups excluding carboxylic acids is 1. The summed E-state index contributed by atoms with van der Waals surface area (Å²) < 4.78 is 6.96. The molecule has 1 heterocycles. The number of nitrogens with zero attached hydrogens (tertiary/aromatic N) is 2. The van der Waals surface area contributed by atoms with Crippen LogP contribution in [0.3, 0.4) is 0 Å². The molecule has 0 radical (unpaired) electrons. The summed E-state index contributed by atoms with van der Waals surface area (Å²) in [6.45, 7) is 2.00. The summed E-state index contributed by atoms with van der Waals surface area (Å²) in [6, 6.07) is 7.72. The van der Waals surface area contributed by atoms with E-state index in [0.717, 1.165) is 22.6 Å². The molecular weight excluding hydrogens is 230 g/mol. The van der Waals surface area contributed by atoms with Gasteiger partial charge in [0.1, 0.15) is 11.6 Å². The number of nitrogens with one attached hydrogen (secondary N) is 1. The van der Waals surface area contributed by atoms with Crippen LogP contribution in [0.15, 0.2) is 24.3 Å². The van der Waals surface area contributed by atoms with Crippen molar-refractivity contribution in [2.45, 2.75) is 6.92 Å². The Morgan fingerprint density at radius 3 is 2.83 bits per heavy atom. The molecule has 1 aromatic carbocycles. The van der Waals surface area contributed by atoms with Gasteiger partial charge in [-0.1, -0.05) is 6.07 Å². The first-order valence-corrected chi connectivity index (χ1v) is 5.55. The van der Waals surface area contributed by atoms with Gasteiger partial charge in [0.2, 0.25) is 6.41 Å². The lowest BCUT2D eigenvalue weighted by molar-refractivity contribution is -0.105. The zero-order valence-electron chi connectivity index (χ0n) is 10.6. The highest BCUT2D eigenvalue weighted by molar-refractivity contribution is 5.75. The minimum atomic E-state index is 0.632. The third-order valence-electron chi connectivity index (χ3n) is 2.72. The first-order chi connectivity index (χ1) is 8.65. The van der Waals surface area contributed by atoms with Crippen molar-refractivity contribution in [2.24, 2.45) is 7.05 Å². The van der Waals surface area contributed by atoms with Crippen LogP contribution < -0.4 is 10.1 Å². The second kappa shape index (κ2) is 4.91. The molecule has 5 heteroatoms. The molecule has 1 amide bonds. The van der Waals surface area contributed by atoms with Crippen LogP contribution in [-0.2, 0) is 11.8 Å². The van der Waals surface area contributed by atoms with Gasteiger partial charge < -0.3 is 10.1 Å². The van der Waals surface area contributed by atoms with Crippen LogP contribution in [0.25, 0.3) is 11.3 Å². The highest BCUT2D eigenvalue weighted by atomic mass is 16.5. The van der Waals surface area contributed by atoms with E-state index in [-0.39, 0.29) is 0 Å². The van der Waals surface area contributed by atoms with Gasteiger partial charge in [0.25, 0.3) is 0 Å². The molecule has 0 spiro atoms. The molecule has 0 aliphatic heterocycles. The van der Waals surface area contributed by atoms with Crippen molar-refractivity contribution in [3.63, 3.8) is 0 Å². The van der Waals surface area contributed by atoms with Gasteiger partial charge in [-0.15, -0.1) is 0 Å². The monoisotopic (exact) mass is 245 g/mol. The Bertz CT molecular complexity index is 576. The molecule has 1 N–H and O–H groups in total. The molecular formula is C13H15N3O2. The Balaban J connectivity index is 2.48. The normalized spacial score (nSPS) is 10.2. The number of amides is 1. The Kier molecular flexibility index (Phi) is 3.32. The van der Waals surface area contributed by atoms with E-state index in [9.17, 15) is 4.79 Å². The highest BCUT2D eigenvalue weighted by Gasteiger charge is 2.11. The molecule has 0 saturated heterocycles. The number of rotatable bonds is 4. The van der Waals surface area contributed by atoms with Gasteiger partial charge in [-0.25, -0.2) is 0 Å². The van der Waals surface area contributed by atoms with E-state index >= 15 is 0 Å². The standard InChI is InChI=1S/C13H15N3O2/c1-9-4-5-10(12(6-9)18-3)11-7-13(14-8-17)16(2)15-11/h4-8H,1-3H3,(H,14,17). The lowest BCUT2D eigenvalue weighted by atomic mass is 10.1. The summed E-state index contributed by atoms with van der Waals surface area (Å²) in [5.41, 5.74) is 2.79. The topological polar surface area (TPSA) is 56.1 Å². The van der Waals surface area contributed by atoms with E-state index in [0.29, 0.717) is 12.2 Å². The van der Waals surface area contributed by atoms with Crippen molar-refractivity contribution < 1.29 is 9.53 Å². The van der Waals surface area contributed by atoms with Crippen LogP contribution in [0.1, 0.15) is 5.56 Å². The first-order valence-electron chi connectivity index (χ1n) is 5.55. The van der Waals surface area contributed by atoms with E-state index in [4.69, 9.17) is 4.74 Å². The van der Waals surface area contributed by atoms with E-state index < -0.39 is 0 Å². The third kappa shape index (κ3) is 2.20. The highest BCUT2D eigenvalue weighted by Crippen LogP contribution is 2.31. The summed E-state index contributed by atoms with van der Waals surface area (Å²) in [6.07, 6.45) is 0.632. The number of methoxy groups -OCH3 is 1. The van der Waals surface area contributed by atoms with Crippen LogP contribution in [0, 0.1) is 6.92 Å². The van der Waals surface area contributed by atoms with Crippen molar-refractivity contribution >= 4 is 12.2 Å². The number of anilines is 1. The summed E-state index contributed by atoms with van der Waals surface area (Å²) >= 11 is 0. The fourth-order valence-electron chi connectivity index (χ4n) is 1.80. The summed E-state index contributed by atoms with van der Waals surface area (Å²) in [5.74, 6) is 1.41. The van der Waals surface area contributed by atoms with Crippen molar-refractivity contribution in [3.05, 3.63) is 29.8 Å². The van der Waals surface area contributed by atoms with E-state index in [1.54, 1.807) is 18.8 Å². The second-order valence-corrected chi connectivity index (χ2v) is 4.00. The number of aryl methyl sites for hydroxylation is 2. The van der Waals surface area contributed by atoms with Crippen LogP contribution in [0.5, 0.6) is 5.75 Å². The van der Waals surface area contributed by atoms with E-state index in [1.807, 2.05) is 31.2 Å². The molecule has 2 rings (SSSR count). The van der Waals surface area contributed by atoms with Gasteiger partial charge in [-0.05, 0) is 24.6 Å². The summed E-state index contributed by atoms with van der Waals surface area (Å²) in [7, 11) is 3.40. The zero-order valence-corrected chi connectivity index (χ0v) is 10.6. The lowest BCUT2D eigenvalue weighted by Crippen LogP contribution is -2.01. The fourth-order valence-corrected chi connectivity index (χ4v) is 1.80. The molecule has 94 valence electrons. The van der Waals surface area contributed by atoms with Crippen molar-refractivity contribution in [1.82, 2.24) is 9.78 Å². The molecule has 0 bridgehead atoms. The van der Waals surface area contributed by atoms with Crippen LogP contribution >= 0.6 is 0 Å². The maximum Gasteiger partial charge on any atom is 0.212 e. The second-order valence-electron chi connectivity index (χ2n) is 4.00. The van der Waals surface area contributed by atoms with Gasteiger partial charge in [-0.2, -0.15) is 5.10 Å².